The molecular weight excluding hydrogens is 757 g/mol. The molecule has 0 atom stereocenters. The van der Waals surface area contributed by atoms with Crippen molar-refractivity contribution in [3.05, 3.63) is 222 Å². The van der Waals surface area contributed by atoms with Gasteiger partial charge in [0.05, 0.1) is 33.8 Å². The van der Waals surface area contributed by atoms with Gasteiger partial charge in [0.25, 0.3) is 0 Å². The third-order valence-corrected chi connectivity index (χ3v) is 12.3. The number of allylic oxidation sites excluding steroid dienone is 3. The number of benzene rings is 6. The van der Waals surface area contributed by atoms with Gasteiger partial charge >= 0.3 is 6.85 Å². The Morgan fingerprint density at radius 3 is 2.18 bits per heavy atom. The number of fused-ring (bicyclic) bond motifs is 5. The highest BCUT2D eigenvalue weighted by atomic mass is 16.5. The second-order valence-corrected chi connectivity index (χ2v) is 17.4. The van der Waals surface area contributed by atoms with Crippen LogP contribution < -0.4 is 14.5 Å². The normalized spacial score (nSPS) is 14.8. The molecule has 0 saturated heterocycles. The maximum absolute atomic E-state index is 6.79. The molecule has 0 aliphatic carbocycles. The Morgan fingerprint density at radius 2 is 1.35 bits per heavy atom. The molecule has 3 aliphatic rings. The Morgan fingerprint density at radius 1 is 0.613 bits per heavy atom. The Balaban J connectivity index is 0.991. The van der Waals surface area contributed by atoms with Gasteiger partial charge in [-0.3, -0.25) is 4.57 Å². The number of nitrogens with zero attached hydrogens (tertiary/aromatic N) is 5. The first-order valence-corrected chi connectivity index (χ1v) is 21.4. The van der Waals surface area contributed by atoms with Gasteiger partial charge in [0.1, 0.15) is 24.0 Å². The molecule has 0 bridgehead atoms. The summed E-state index contributed by atoms with van der Waals surface area (Å²) in [5.41, 5.74) is 13.9. The number of pyridine rings is 1. The second kappa shape index (κ2) is 14.9. The van der Waals surface area contributed by atoms with Crippen molar-refractivity contribution in [3.63, 3.8) is 0 Å². The molecule has 0 saturated carbocycles. The van der Waals surface area contributed by atoms with Crippen molar-refractivity contribution in [1.29, 1.82) is 0 Å². The molecule has 7 heteroatoms. The maximum Gasteiger partial charge on any atom is 0.313 e. The van der Waals surface area contributed by atoms with Crippen LogP contribution in [0.25, 0.3) is 38.9 Å². The third kappa shape index (κ3) is 6.49. The molecule has 0 radical (unpaired) electrons. The minimum atomic E-state index is -0.00837. The van der Waals surface area contributed by atoms with Crippen molar-refractivity contribution in [3.8, 4) is 17.3 Å². The SMILES string of the molecule is Cc1ccc(C2=C(N3CN(c4cccc(Oc5ccc6c7ccccc7n(-c7cc(C(C)(C)C)ccn7)c6c5)c4)c4ccccc43)C(c3ccccc3)=CB3C=CC=CN32)cc1. The average molecular weight is 804 g/mol. The van der Waals surface area contributed by atoms with E-state index in [4.69, 9.17) is 9.72 Å². The lowest BCUT2D eigenvalue weighted by atomic mass is 9.55. The Kier molecular flexibility index (Phi) is 9.01. The van der Waals surface area contributed by atoms with Gasteiger partial charge in [-0.15, -0.1) is 0 Å². The number of para-hydroxylation sites is 3. The summed E-state index contributed by atoms with van der Waals surface area (Å²) in [6.45, 7) is 9.57. The molecule has 0 unspecified atom stereocenters. The highest BCUT2D eigenvalue weighted by Gasteiger charge is 2.38. The molecule has 2 aromatic heterocycles. The van der Waals surface area contributed by atoms with E-state index < -0.39 is 0 Å². The standard InChI is InChI=1S/C55H46BN5O/c1-38-23-25-40(26-24-38)53-54(47(39-15-6-5-7-16-39)36-56-30-12-13-32-60(53)56)59-37-58(49-21-10-11-22-50(49)59)42-17-14-18-43(34-42)62-44-27-28-46-45-19-8-9-20-48(45)61(51(46)35-44)52-33-41(29-31-57-52)55(2,3)4/h5-36H,37H2,1-4H3. The summed E-state index contributed by atoms with van der Waals surface area (Å²) in [7, 11) is 0. The fourth-order valence-corrected chi connectivity index (χ4v) is 9.24. The van der Waals surface area contributed by atoms with Crippen LogP contribution in [0.3, 0.4) is 0 Å². The minimum Gasteiger partial charge on any atom is -0.457 e. The van der Waals surface area contributed by atoms with Gasteiger partial charge < -0.3 is 19.3 Å². The quantitative estimate of drug-likeness (QED) is 0.150. The van der Waals surface area contributed by atoms with E-state index in [1.165, 1.54) is 44.6 Å². The number of hydrogen-bond acceptors (Lipinski definition) is 5. The number of aryl methyl sites for hydroxylation is 1. The fourth-order valence-electron chi connectivity index (χ4n) is 9.24. The van der Waals surface area contributed by atoms with E-state index in [2.05, 4.69) is 229 Å². The Hall–Kier alpha value is -7.51. The molecule has 3 aliphatic heterocycles. The molecule has 8 aromatic rings. The van der Waals surface area contributed by atoms with Crippen molar-refractivity contribution >= 4 is 57.0 Å². The highest BCUT2D eigenvalue weighted by molar-refractivity contribution is 6.70. The van der Waals surface area contributed by atoms with E-state index in [-0.39, 0.29) is 12.3 Å². The molecule has 0 spiro atoms. The zero-order valence-electron chi connectivity index (χ0n) is 35.4. The highest BCUT2D eigenvalue weighted by Crippen LogP contribution is 2.49. The van der Waals surface area contributed by atoms with Crippen molar-refractivity contribution < 1.29 is 4.74 Å². The van der Waals surface area contributed by atoms with Gasteiger partial charge in [-0.05, 0) is 101 Å². The van der Waals surface area contributed by atoms with Crippen LogP contribution in [0.2, 0.25) is 0 Å². The lowest BCUT2D eigenvalue weighted by molar-refractivity contribution is 0.483. The third-order valence-electron chi connectivity index (χ3n) is 12.3. The predicted molar refractivity (Wildman–Crippen MR) is 258 cm³/mol. The first-order chi connectivity index (χ1) is 30.3. The minimum absolute atomic E-state index is 0.00837. The van der Waals surface area contributed by atoms with Gasteiger partial charge in [-0.1, -0.05) is 135 Å². The van der Waals surface area contributed by atoms with Gasteiger partial charge in [-0.25, -0.2) is 4.98 Å². The fraction of sp³-hybridized carbons (Fsp3) is 0.109. The van der Waals surface area contributed by atoms with Crippen molar-refractivity contribution in [2.75, 3.05) is 16.5 Å². The predicted octanol–water partition coefficient (Wildman–Crippen LogP) is 13.4. The summed E-state index contributed by atoms with van der Waals surface area (Å²) in [6.07, 6.45) is 8.43. The molecule has 300 valence electrons. The maximum atomic E-state index is 6.79. The first kappa shape index (κ1) is 37.5. The van der Waals surface area contributed by atoms with E-state index >= 15 is 0 Å². The van der Waals surface area contributed by atoms with Crippen LogP contribution >= 0.6 is 0 Å². The Bertz CT molecular complexity index is 3150. The van der Waals surface area contributed by atoms with Crippen LogP contribution in [0.15, 0.2) is 200 Å². The molecule has 0 amide bonds. The van der Waals surface area contributed by atoms with Crippen molar-refractivity contribution in [2.45, 2.75) is 33.1 Å². The average Bonchev–Trinajstić information content (AvgIpc) is 3.85. The molecule has 0 fully saturated rings. The van der Waals surface area contributed by atoms with Gasteiger partial charge in [0.15, 0.2) is 0 Å². The summed E-state index contributed by atoms with van der Waals surface area (Å²) >= 11 is 0. The number of rotatable bonds is 7. The topological polar surface area (TPSA) is 36.8 Å². The summed E-state index contributed by atoms with van der Waals surface area (Å²) in [4.78, 5) is 12.2. The van der Waals surface area contributed by atoms with Crippen LogP contribution in [-0.2, 0) is 5.41 Å². The largest absolute Gasteiger partial charge is 0.457 e. The van der Waals surface area contributed by atoms with E-state index in [9.17, 15) is 0 Å². The molecule has 62 heavy (non-hydrogen) atoms. The summed E-state index contributed by atoms with van der Waals surface area (Å²) in [5, 5.41) is 2.34. The van der Waals surface area contributed by atoms with Crippen LogP contribution in [0.4, 0.5) is 17.1 Å². The van der Waals surface area contributed by atoms with Gasteiger partial charge in [-0.2, -0.15) is 0 Å². The number of anilines is 3. The molecule has 6 aromatic carbocycles. The van der Waals surface area contributed by atoms with Crippen LogP contribution in [0.1, 0.15) is 43.0 Å². The van der Waals surface area contributed by atoms with Crippen LogP contribution in [0, 0.1) is 6.92 Å². The molecule has 5 heterocycles. The van der Waals surface area contributed by atoms with Crippen LogP contribution in [-0.4, -0.2) is 27.9 Å². The molecule has 0 N–H and O–H groups in total. The van der Waals surface area contributed by atoms with E-state index in [1.807, 2.05) is 12.3 Å². The second-order valence-electron chi connectivity index (χ2n) is 17.4. The number of aromatic nitrogens is 2. The lowest BCUT2D eigenvalue weighted by Gasteiger charge is -2.39. The summed E-state index contributed by atoms with van der Waals surface area (Å²) in [6, 6.07) is 56.3. The molecule has 6 nitrogen and oxygen atoms in total. The number of ether oxygens (including phenoxy) is 1. The zero-order valence-corrected chi connectivity index (χ0v) is 35.4. The Labute approximate surface area is 363 Å². The molecular formula is C55H46BN5O. The van der Waals surface area contributed by atoms with E-state index in [1.54, 1.807) is 0 Å². The first-order valence-electron chi connectivity index (χ1n) is 21.4. The monoisotopic (exact) mass is 803 g/mol. The molecule has 11 rings (SSSR count). The van der Waals surface area contributed by atoms with Gasteiger partial charge in [0, 0.05) is 34.8 Å². The van der Waals surface area contributed by atoms with E-state index in [0.29, 0.717) is 6.67 Å². The van der Waals surface area contributed by atoms with Crippen molar-refractivity contribution in [2.24, 2.45) is 0 Å². The lowest BCUT2D eigenvalue weighted by Crippen LogP contribution is -2.40. The smallest absolute Gasteiger partial charge is 0.313 e. The van der Waals surface area contributed by atoms with E-state index in [0.717, 1.165) is 50.8 Å². The van der Waals surface area contributed by atoms with Crippen LogP contribution in [0.5, 0.6) is 11.5 Å². The van der Waals surface area contributed by atoms with Gasteiger partial charge in [0.2, 0.25) is 0 Å². The number of hydrogen-bond donors (Lipinski definition) is 0. The van der Waals surface area contributed by atoms with Crippen molar-refractivity contribution in [1.82, 2.24) is 14.4 Å². The summed E-state index contributed by atoms with van der Waals surface area (Å²) in [5.74, 6) is 7.12. The summed E-state index contributed by atoms with van der Waals surface area (Å²) < 4.78 is 9.05. The zero-order chi connectivity index (χ0) is 42.0.